The molecule has 0 saturated carbocycles. The number of hydrogen-bond acceptors (Lipinski definition) is 4. The molecule has 1 aliphatic heterocycles. The number of rotatable bonds is 7. The van der Waals surface area contributed by atoms with Crippen molar-refractivity contribution in [3.8, 4) is 0 Å². The molecule has 1 N–H and O–H groups in total. The summed E-state index contributed by atoms with van der Waals surface area (Å²) in [7, 11) is 0. The molecular weight excluding hydrogens is 288 g/mol. The van der Waals surface area contributed by atoms with Gasteiger partial charge in [-0.25, -0.2) is 0 Å². The molecular formula is C15H20N2O3S. The second-order valence-corrected chi connectivity index (χ2v) is 6.23. The van der Waals surface area contributed by atoms with Crippen molar-refractivity contribution in [3.05, 3.63) is 35.0 Å². The van der Waals surface area contributed by atoms with Crippen molar-refractivity contribution >= 4 is 23.2 Å². The zero-order valence-corrected chi connectivity index (χ0v) is 12.7. The molecule has 1 atom stereocenters. The van der Waals surface area contributed by atoms with E-state index in [1.807, 2.05) is 22.4 Å². The molecule has 1 saturated heterocycles. The summed E-state index contributed by atoms with van der Waals surface area (Å²) in [6, 6.07) is 3.97. The van der Waals surface area contributed by atoms with Crippen molar-refractivity contribution in [1.29, 1.82) is 0 Å². The van der Waals surface area contributed by atoms with Crippen LogP contribution in [0.15, 0.2) is 30.2 Å². The molecule has 1 amide bonds. The zero-order valence-electron chi connectivity index (χ0n) is 11.9. The third kappa shape index (κ3) is 4.41. The van der Waals surface area contributed by atoms with E-state index in [0.717, 1.165) is 4.88 Å². The van der Waals surface area contributed by atoms with Crippen LogP contribution in [0, 0.1) is 5.92 Å². The number of carboxylic acids is 1. The average Bonchev–Trinajstić information content (AvgIpc) is 3.09. The van der Waals surface area contributed by atoms with Gasteiger partial charge in [-0.2, -0.15) is 0 Å². The molecule has 6 heteroatoms. The molecule has 21 heavy (non-hydrogen) atoms. The number of nitrogens with zero attached hydrogens (tertiary/aromatic N) is 2. The van der Waals surface area contributed by atoms with Gasteiger partial charge in [-0.05, 0) is 24.4 Å². The molecule has 1 unspecified atom stereocenters. The smallest absolute Gasteiger partial charge is 0.307 e. The van der Waals surface area contributed by atoms with Gasteiger partial charge in [-0.15, -0.1) is 17.9 Å². The molecule has 0 aliphatic carbocycles. The maximum atomic E-state index is 12.4. The van der Waals surface area contributed by atoms with Crippen LogP contribution < -0.4 is 0 Å². The number of hydrogen-bond donors (Lipinski definition) is 1. The van der Waals surface area contributed by atoms with E-state index in [1.54, 1.807) is 22.3 Å². The third-order valence-electron chi connectivity index (χ3n) is 3.61. The van der Waals surface area contributed by atoms with Gasteiger partial charge in [0.15, 0.2) is 0 Å². The summed E-state index contributed by atoms with van der Waals surface area (Å²) >= 11 is 1.62. The highest BCUT2D eigenvalue weighted by Crippen LogP contribution is 2.17. The van der Waals surface area contributed by atoms with Gasteiger partial charge in [0.05, 0.1) is 19.0 Å². The van der Waals surface area contributed by atoms with Gasteiger partial charge < -0.3 is 10.0 Å². The Morgan fingerprint density at radius 3 is 2.95 bits per heavy atom. The first-order chi connectivity index (χ1) is 10.1. The van der Waals surface area contributed by atoms with Gasteiger partial charge in [0, 0.05) is 18.0 Å². The first kappa shape index (κ1) is 15.7. The second-order valence-electron chi connectivity index (χ2n) is 5.20. The van der Waals surface area contributed by atoms with Gasteiger partial charge in [0.25, 0.3) is 0 Å². The van der Waals surface area contributed by atoms with Gasteiger partial charge in [0.1, 0.15) is 0 Å². The highest BCUT2D eigenvalue weighted by molar-refractivity contribution is 7.09. The average molecular weight is 308 g/mol. The van der Waals surface area contributed by atoms with Crippen molar-refractivity contribution in [3.63, 3.8) is 0 Å². The molecule has 0 aromatic carbocycles. The lowest BCUT2D eigenvalue weighted by atomic mass is 10.1. The van der Waals surface area contributed by atoms with E-state index in [0.29, 0.717) is 32.6 Å². The van der Waals surface area contributed by atoms with Crippen LogP contribution in [0.1, 0.15) is 11.3 Å². The van der Waals surface area contributed by atoms with E-state index in [1.165, 1.54) is 0 Å². The van der Waals surface area contributed by atoms with Gasteiger partial charge in [-0.1, -0.05) is 12.1 Å². The lowest BCUT2D eigenvalue weighted by molar-refractivity contribution is -0.141. The Kier molecular flexibility index (Phi) is 5.52. The fourth-order valence-electron chi connectivity index (χ4n) is 2.47. The minimum Gasteiger partial charge on any atom is -0.481 e. The van der Waals surface area contributed by atoms with Crippen LogP contribution in [0.4, 0.5) is 0 Å². The van der Waals surface area contributed by atoms with Crippen molar-refractivity contribution in [2.75, 3.05) is 26.2 Å². The molecule has 0 spiro atoms. The maximum absolute atomic E-state index is 12.4. The summed E-state index contributed by atoms with van der Waals surface area (Å²) in [5.41, 5.74) is 0. The second kappa shape index (κ2) is 7.38. The summed E-state index contributed by atoms with van der Waals surface area (Å²) < 4.78 is 0. The minimum absolute atomic E-state index is 0.0225. The third-order valence-corrected chi connectivity index (χ3v) is 4.47. The molecule has 5 nitrogen and oxygen atoms in total. The summed E-state index contributed by atoms with van der Waals surface area (Å²) in [6.07, 6.45) is 2.34. The van der Waals surface area contributed by atoms with Crippen LogP contribution in [0.2, 0.25) is 0 Å². The highest BCUT2D eigenvalue weighted by Gasteiger charge is 2.29. The van der Waals surface area contributed by atoms with Gasteiger partial charge in [-0.3, -0.25) is 14.5 Å². The number of carbonyl (C=O) groups excluding carboxylic acids is 1. The summed E-state index contributed by atoms with van der Waals surface area (Å²) in [5, 5.41) is 11.0. The van der Waals surface area contributed by atoms with E-state index in [-0.39, 0.29) is 18.4 Å². The summed E-state index contributed by atoms with van der Waals surface area (Å²) in [6.45, 7) is 6.20. The minimum atomic E-state index is -0.772. The Hall–Kier alpha value is -1.66. The van der Waals surface area contributed by atoms with Crippen LogP contribution in [-0.4, -0.2) is 53.0 Å². The van der Waals surface area contributed by atoms with Gasteiger partial charge >= 0.3 is 5.97 Å². The molecule has 0 bridgehead atoms. The van der Waals surface area contributed by atoms with E-state index in [9.17, 15) is 9.59 Å². The summed E-state index contributed by atoms with van der Waals surface area (Å²) in [5.74, 6) is -1.09. The van der Waals surface area contributed by atoms with E-state index in [2.05, 4.69) is 6.58 Å². The van der Waals surface area contributed by atoms with Crippen molar-refractivity contribution in [1.82, 2.24) is 9.80 Å². The molecule has 1 aromatic heterocycles. The Bertz CT molecular complexity index is 501. The fourth-order valence-corrected chi connectivity index (χ4v) is 3.19. The van der Waals surface area contributed by atoms with Crippen molar-refractivity contribution < 1.29 is 14.7 Å². The van der Waals surface area contributed by atoms with E-state index < -0.39 is 5.97 Å². The molecule has 1 fully saturated rings. The summed E-state index contributed by atoms with van der Waals surface area (Å²) in [4.78, 5) is 28.1. The van der Waals surface area contributed by atoms with Crippen molar-refractivity contribution in [2.24, 2.45) is 5.92 Å². The fraction of sp³-hybridized carbons (Fsp3) is 0.467. The number of aliphatic carboxylic acids is 1. The van der Waals surface area contributed by atoms with Crippen LogP contribution in [0.25, 0.3) is 0 Å². The molecule has 0 radical (unpaired) electrons. The van der Waals surface area contributed by atoms with Crippen LogP contribution >= 0.6 is 11.3 Å². The molecule has 1 aliphatic rings. The largest absolute Gasteiger partial charge is 0.481 e. The van der Waals surface area contributed by atoms with Crippen molar-refractivity contribution in [2.45, 2.75) is 13.0 Å². The molecule has 2 rings (SSSR count). The Balaban J connectivity index is 1.90. The van der Waals surface area contributed by atoms with Crippen LogP contribution in [-0.2, 0) is 16.1 Å². The monoisotopic (exact) mass is 308 g/mol. The quantitative estimate of drug-likeness (QED) is 0.778. The van der Waals surface area contributed by atoms with Crippen LogP contribution in [0.5, 0.6) is 0 Å². The Morgan fingerprint density at radius 1 is 1.57 bits per heavy atom. The Morgan fingerprint density at radius 2 is 2.38 bits per heavy atom. The van der Waals surface area contributed by atoms with Crippen LogP contribution in [0.3, 0.4) is 0 Å². The number of thiophene rings is 1. The molecule has 1 aromatic rings. The first-order valence-electron chi connectivity index (χ1n) is 6.96. The number of amides is 1. The number of likely N-dealkylation sites (tertiary alicyclic amines) is 1. The predicted molar refractivity (Wildman–Crippen MR) is 82.1 cm³/mol. The Labute approximate surface area is 128 Å². The zero-order chi connectivity index (χ0) is 15.2. The van der Waals surface area contributed by atoms with E-state index in [4.69, 9.17) is 5.11 Å². The standard InChI is InChI=1S/C15H20N2O3S/c1-2-6-17(10-13-4-3-8-21-13)14(18)11-16-7-5-12(9-16)15(19)20/h2-4,8,12H,1,5-7,9-11H2,(H,19,20). The normalized spacial score (nSPS) is 18.6. The SMILES string of the molecule is C=CCN(Cc1cccs1)C(=O)CN1CCC(C(=O)O)C1. The molecule has 114 valence electrons. The number of carboxylic acid groups (broad SMARTS) is 1. The highest BCUT2D eigenvalue weighted by atomic mass is 32.1. The number of carbonyl (C=O) groups is 2. The lowest BCUT2D eigenvalue weighted by Crippen LogP contribution is -2.39. The maximum Gasteiger partial charge on any atom is 0.307 e. The lowest BCUT2D eigenvalue weighted by Gasteiger charge is -2.23. The molecule has 2 heterocycles. The predicted octanol–water partition coefficient (Wildman–Crippen LogP) is 1.67. The van der Waals surface area contributed by atoms with E-state index >= 15 is 0 Å². The van der Waals surface area contributed by atoms with Gasteiger partial charge in [0.2, 0.25) is 5.91 Å². The topological polar surface area (TPSA) is 60.9 Å². The first-order valence-corrected chi connectivity index (χ1v) is 7.84.